The van der Waals surface area contributed by atoms with Crippen LogP contribution in [-0.4, -0.2) is 54.3 Å². The van der Waals surface area contributed by atoms with Gasteiger partial charge >= 0.3 is 12.3 Å². The SMILES string of the molecule is Cc1noc(C)c1-c1ccc2c(-c3nc(NC4C[C@H]5CC[C@@H]4N5C(=O)O)ncc3C(F)(F)F)c[nH]c2c1. The van der Waals surface area contributed by atoms with Crippen molar-refractivity contribution in [3.8, 4) is 22.4 Å². The molecule has 37 heavy (non-hydrogen) atoms. The van der Waals surface area contributed by atoms with E-state index in [1.54, 1.807) is 13.0 Å². The number of aromatic nitrogens is 4. The summed E-state index contributed by atoms with van der Waals surface area (Å²) in [5.41, 5.74) is 2.11. The van der Waals surface area contributed by atoms with Crippen LogP contribution in [0.4, 0.5) is 23.9 Å². The number of hydrogen-bond donors (Lipinski definition) is 3. The van der Waals surface area contributed by atoms with E-state index in [2.05, 4.69) is 25.4 Å². The number of nitrogens with zero attached hydrogens (tertiary/aromatic N) is 4. The number of carbonyl (C=O) groups is 1. The summed E-state index contributed by atoms with van der Waals surface area (Å²) in [5.74, 6) is 0.684. The first-order valence-corrected chi connectivity index (χ1v) is 11.9. The van der Waals surface area contributed by atoms with Gasteiger partial charge in [0, 0.05) is 40.5 Å². The minimum Gasteiger partial charge on any atom is -0.465 e. The zero-order chi connectivity index (χ0) is 26.1. The molecule has 1 unspecified atom stereocenters. The summed E-state index contributed by atoms with van der Waals surface area (Å²) in [7, 11) is 0. The predicted octanol–water partition coefficient (Wildman–Crippen LogP) is 5.61. The van der Waals surface area contributed by atoms with Gasteiger partial charge in [0.15, 0.2) is 0 Å². The molecule has 9 nitrogen and oxygen atoms in total. The molecule has 2 aliphatic heterocycles. The molecule has 0 saturated carbocycles. The molecule has 5 heterocycles. The Hall–Kier alpha value is -4.09. The molecule has 2 aliphatic rings. The molecule has 3 N–H and O–H groups in total. The quantitative estimate of drug-likeness (QED) is 0.325. The van der Waals surface area contributed by atoms with Crippen molar-refractivity contribution >= 4 is 22.9 Å². The van der Waals surface area contributed by atoms with E-state index in [0.29, 0.717) is 29.5 Å². The van der Waals surface area contributed by atoms with E-state index in [4.69, 9.17) is 4.52 Å². The van der Waals surface area contributed by atoms with Gasteiger partial charge in [-0.25, -0.2) is 14.8 Å². The molecule has 1 aromatic carbocycles. The number of rotatable bonds is 4. The van der Waals surface area contributed by atoms with Crippen molar-refractivity contribution in [2.24, 2.45) is 0 Å². The first-order chi connectivity index (χ1) is 17.6. The fraction of sp³-hybridized carbons (Fsp3) is 0.360. The van der Waals surface area contributed by atoms with E-state index in [9.17, 15) is 23.1 Å². The fourth-order valence-electron chi connectivity index (χ4n) is 5.84. The number of alkyl halides is 3. The van der Waals surface area contributed by atoms with Crippen molar-refractivity contribution in [3.05, 3.63) is 47.6 Å². The number of hydrogen-bond acceptors (Lipinski definition) is 6. The lowest BCUT2D eigenvalue weighted by molar-refractivity contribution is -0.137. The third-order valence-corrected chi connectivity index (χ3v) is 7.43. The molecule has 3 aromatic heterocycles. The van der Waals surface area contributed by atoms with Gasteiger partial charge in [-0.3, -0.25) is 0 Å². The van der Waals surface area contributed by atoms with Gasteiger partial charge in [-0.15, -0.1) is 0 Å². The average molecular weight is 512 g/mol. The number of aryl methyl sites for hydroxylation is 2. The van der Waals surface area contributed by atoms with Crippen LogP contribution in [0.2, 0.25) is 0 Å². The second-order valence-electron chi connectivity index (χ2n) is 9.59. The topological polar surface area (TPSA) is 120 Å². The second-order valence-corrected chi connectivity index (χ2v) is 9.59. The van der Waals surface area contributed by atoms with Crippen LogP contribution in [-0.2, 0) is 6.18 Å². The van der Waals surface area contributed by atoms with Crippen LogP contribution in [0, 0.1) is 13.8 Å². The Balaban J connectivity index is 1.38. The number of fused-ring (bicyclic) bond motifs is 3. The molecule has 1 amide bonds. The van der Waals surface area contributed by atoms with E-state index in [1.165, 1.54) is 11.1 Å². The van der Waals surface area contributed by atoms with Crippen molar-refractivity contribution < 1.29 is 27.6 Å². The van der Waals surface area contributed by atoms with E-state index >= 15 is 0 Å². The largest absolute Gasteiger partial charge is 0.465 e. The van der Waals surface area contributed by atoms with Gasteiger partial charge in [-0.05, 0) is 44.7 Å². The maximum Gasteiger partial charge on any atom is 0.419 e. The minimum absolute atomic E-state index is 0.0348. The van der Waals surface area contributed by atoms with Gasteiger partial charge in [0.05, 0.1) is 23.5 Å². The third-order valence-electron chi connectivity index (χ3n) is 7.43. The monoisotopic (exact) mass is 512 g/mol. The highest BCUT2D eigenvalue weighted by molar-refractivity contribution is 5.97. The van der Waals surface area contributed by atoms with E-state index in [-0.39, 0.29) is 35.3 Å². The molecule has 192 valence electrons. The smallest absolute Gasteiger partial charge is 0.419 e. The van der Waals surface area contributed by atoms with Gasteiger partial charge in [-0.2, -0.15) is 13.2 Å². The number of carboxylic acid groups (broad SMARTS) is 1. The van der Waals surface area contributed by atoms with Crippen LogP contribution >= 0.6 is 0 Å². The first-order valence-electron chi connectivity index (χ1n) is 11.9. The van der Waals surface area contributed by atoms with Gasteiger partial charge in [0.1, 0.15) is 11.3 Å². The average Bonchev–Trinajstić information content (AvgIpc) is 3.60. The summed E-state index contributed by atoms with van der Waals surface area (Å²) < 4.78 is 47.2. The van der Waals surface area contributed by atoms with Crippen LogP contribution in [0.5, 0.6) is 0 Å². The summed E-state index contributed by atoms with van der Waals surface area (Å²) >= 11 is 0. The molecule has 0 aliphatic carbocycles. The van der Waals surface area contributed by atoms with Crippen molar-refractivity contribution in [1.29, 1.82) is 0 Å². The molecule has 2 saturated heterocycles. The Bertz CT molecular complexity index is 1510. The maximum atomic E-state index is 14.0. The Morgan fingerprint density at radius 3 is 2.76 bits per heavy atom. The molecular formula is C25H23F3N6O3. The molecule has 0 radical (unpaired) electrons. The molecule has 6 rings (SSSR count). The highest BCUT2D eigenvalue weighted by atomic mass is 19.4. The van der Waals surface area contributed by atoms with E-state index in [0.717, 1.165) is 29.4 Å². The van der Waals surface area contributed by atoms with Gasteiger partial charge in [-0.1, -0.05) is 17.3 Å². The summed E-state index contributed by atoms with van der Waals surface area (Å²) in [6.45, 7) is 3.63. The number of halogens is 3. The molecule has 2 fully saturated rings. The summed E-state index contributed by atoms with van der Waals surface area (Å²) in [4.78, 5) is 24.4. The van der Waals surface area contributed by atoms with Crippen LogP contribution in [0.25, 0.3) is 33.3 Å². The molecule has 2 bridgehead atoms. The Labute approximate surface area is 208 Å². The highest BCUT2D eigenvalue weighted by Crippen LogP contribution is 2.41. The molecular weight excluding hydrogens is 489 g/mol. The number of nitrogens with one attached hydrogen (secondary N) is 2. The summed E-state index contributed by atoms with van der Waals surface area (Å²) in [6, 6.07) is 4.78. The van der Waals surface area contributed by atoms with Crippen LogP contribution in [0.1, 0.15) is 36.3 Å². The van der Waals surface area contributed by atoms with E-state index < -0.39 is 17.8 Å². The lowest BCUT2D eigenvalue weighted by Crippen LogP contribution is -2.39. The van der Waals surface area contributed by atoms with Crippen molar-refractivity contribution in [2.75, 3.05) is 5.32 Å². The maximum absolute atomic E-state index is 14.0. The Kier molecular flexibility index (Phi) is 5.18. The Morgan fingerprint density at radius 2 is 2.08 bits per heavy atom. The van der Waals surface area contributed by atoms with Crippen molar-refractivity contribution in [2.45, 2.75) is 57.4 Å². The second kappa shape index (κ2) is 8.22. The van der Waals surface area contributed by atoms with Gasteiger partial charge in [0.25, 0.3) is 0 Å². The molecule has 3 atom stereocenters. The summed E-state index contributed by atoms with van der Waals surface area (Å²) in [5, 5.41) is 17.2. The number of aromatic amines is 1. The van der Waals surface area contributed by atoms with Crippen LogP contribution in [0.3, 0.4) is 0 Å². The van der Waals surface area contributed by atoms with Crippen LogP contribution in [0.15, 0.2) is 35.1 Å². The lowest BCUT2D eigenvalue weighted by Gasteiger charge is -2.23. The standard InChI is InChI=1S/C25H23F3N6O3/c1-11-21(12(2)37-33-11)13-3-5-15-16(9-29-18(15)7-13)22-17(25(26,27)28)10-30-23(32-22)31-19-8-14-4-6-20(19)34(14)24(35)36/h3,5,7,9-10,14,19-20,29H,4,6,8H2,1-2H3,(H,35,36)(H,30,31,32)/t14-,19?,20+/m1/s1. The van der Waals surface area contributed by atoms with Crippen molar-refractivity contribution in [3.63, 3.8) is 0 Å². The zero-order valence-corrected chi connectivity index (χ0v) is 19.9. The fourth-order valence-corrected chi connectivity index (χ4v) is 5.84. The van der Waals surface area contributed by atoms with Crippen molar-refractivity contribution in [1.82, 2.24) is 25.0 Å². The Morgan fingerprint density at radius 1 is 1.27 bits per heavy atom. The highest BCUT2D eigenvalue weighted by Gasteiger charge is 2.49. The minimum atomic E-state index is -4.67. The zero-order valence-electron chi connectivity index (χ0n) is 19.9. The number of benzene rings is 1. The molecule has 0 spiro atoms. The predicted molar refractivity (Wildman–Crippen MR) is 128 cm³/mol. The van der Waals surface area contributed by atoms with E-state index in [1.807, 2.05) is 19.1 Å². The number of amides is 1. The van der Waals surface area contributed by atoms with Gasteiger partial charge < -0.3 is 24.8 Å². The normalized spacial score (nSPS) is 21.2. The number of H-pyrrole nitrogens is 1. The van der Waals surface area contributed by atoms with Crippen LogP contribution < -0.4 is 5.32 Å². The molecule has 12 heteroatoms. The summed E-state index contributed by atoms with van der Waals surface area (Å²) in [6.07, 6.45) is -1.33. The van der Waals surface area contributed by atoms with Gasteiger partial charge in [0.2, 0.25) is 5.95 Å². The number of anilines is 1. The first kappa shape index (κ1) is 23.3. The molecule has 4 aromatic rings. The third kappa shape index (κ3) is 3.78. The lowest BCUT2D eigenvalue weighted by atomic mass is 9.96.